The Morgan fingerprint density at radius 2 is 0.793 bits per heavy atom. The molecule has 276 valence electrons. The molecule has 10 rings (SSSR count). The maximum Gasteiger partial charge on any atom is 0.0619 e. The number of hydrogen-bond acceptors (Lipinski definition) is 1. The first kappa shape index (κ1) is 35.0. The van der Waals surface area contributed by atoms with Gasteiger partial charge >= 0.3 is 0 Å². The van der Waals surface area contributed by atoms with Gasteiger partial charge in [0.1, 0.15) is 0 Å². The fourth-order valence-corrected chi connectivity index (χ4v) is 8.77. The minimum atomic E-state index is 1.09. The van der Waals surface area contributed by atoms with Crippen LogP contribution in [0.4, 0.5) is 17.1 Å². The molecule has 0 atom stereocenters. The zero-order valence-electron chi connectivity index (χ0n) is 32.7. The maximum absolute atomic E-state index is 2.53. The number of para-hydroxylation sites is 3. The molecule has 2 heteroatoms. The van der Waals surface area contributed by atoms with E-state index in [1.165, 1.54) is 72.1 Å². The van der Waals surface area contributed by atoms with Gasteiger partial charge in [0.2, 0.25) is 0 Å². The van der Waals surface area contributed by atoms with Crippen molar-refractivity contribution in [2.24, 2.45) is 0 Å². The van der Waals surface area contributed by atoms with Gasteiger partial charge in [-0.3, -0.25) is 0 Å². The molecule has 0 radical (unpaired) electrons. The largest absolute Gasteiger partial charge is 0.309 e. The molecule has 0 fully saturated rings. The number of rotatable bonds is 8. The van der Waals surface area contributed by atoms with E-state index in [1.807, 2.05) is 0 Å². The van der Waals surface area contributed by atoms with Crippen LogP contribution in [0.15, 0.2) is 218 Å². The molecule has 0 saturated heterocycles. The van der Waals surface area contributed by atoms with Gasteiger partial charge in [0.25, 0.3) is 0 Å². The minimum Gasteiger partial charge on any atom is -0.309 e. The molecular weight excluding hydrogens is 701 g/mol. The monoisotopic (exact) mass is 742 g/mol. The molecule has 10 aromatic rings. The average molecular weight is 743 g/mol. The van der Waals surface area contributed by atoms with E-state index < -0.39 is 0 Å². The van der Waals surface area contributed by atoms with Gasteiger partial charge in [0.05, 0.1) is 28.1 Å². The van der Waals surface area contributed by atoms with E-state index in [2.05, 4.69) is 242 Å². The van der Waals surface area contributed by atoms with Crippen molar-refractivity contribution in [3.63, 3.8) is 0 Å². The van der Waals surface area contributed by atoms with E-state index in [4.69, 9.17) is 0 Å². The Hall–Kier alpha value is -7.42. The molecule has 0 aliphatic rings. The number of aryl methyl sites for hydroxylation is 2. The molecule has 1 aromatic heterocycles. The van der Waals surface area contributed by atoms with Crippen LogP contribution in [-0.4, -0.2) is 4.57 Å². The first-order valence-corrected chi connectivity index (χ1v) is 20.0. The fourth-order valence-electron chi connectivity index (χ4n) is 8.77. The van der Waals surface area contributed by atoms with E-state index in [0.29, 0.717) is 0 Å². The number of nitrogens with zero attached hydrogens (tertiary/aromatic N) is 2. The second-order valence-corrected chi connectivity index (χ2v) is 15.0. The predicted molar refractivity (Wildman–Crippen MR) is 247 cm³/mol. The van der Waals surface area contributed by atoms with Gasteiger partial charge in [-0.05, 0) is 89.2 Å². The summed E-state index contributed by atoms with van der Waals surface area (Å²) in [6.07, 6.45) is 0. The highest BCUT2D eigenvalue weighted by Crippen LogP contribution is 2.48. The van der Waals surface area contributed by atoms with Crippen molar-refractivity contribution in [3.05, 3.63) is 230 Å². The zero-order valence-corrected chi connectivity index (χ0v) is 32.7. The summed E-state index contributed by atoms with van der Waals surface area (Å²) in [6.45, 7) is 4.43. The lowest BCUT2D eigenvalue weighted by Gasteiger charge is -2.29. The number of hydrogen-bond donors (Lipinski definition) is 0. The van der Waals surface area contributed by atoms with Crippen molar-refractivity contribution in [2.45, 2.75) is 13.8 Å². The third kappa shape index (κ3) is 6.07. The maximum atomic E-state index is 2.53. The minimum absolute atomic E-state index is 1.09. The summed E-state index contributed by atoms with van der Waals surface area (Å²) in [5.74, 6) is 0. The number of aromatic nitrogens is 1. The molecule has 0 amide bonds. The molecule has 0 spiro atoms. The molecular formula is C56H42N2. The van der Waals surface area contributed by atoms with Crippen LogP contribution < -0.4 is 4.90 Å². The normalized spacial score (nSPS) is 11.3. The quantitative estimate of drug-likeness (QED) is 0.150. The second-order valence-electron chi connectivity index (χ2n) is 15.0. The van der Waals surface area contributed by atoms with Crippen molar-refractivity contribution in [1.82, 2.24) is 4.57 Å². The smallest absolute Gasteiger partial charge is 0.0619 e. The number of anilines is 3. The molecule has 0 N–H and O–H groups in total. The van der Waals surface area contributed by atoms with Crippen molar-refractivity contribution >= 4 is 38.9 Å². The molecule has 1 heterocycles. The van der Waals surface area contributed by atoms with Gasteiger partial charge < -0.3 is 9.47 Å². The highest BCUT2D eigenvalue weighted by atomic mass is 15.2. The summed E-state index contributed by atoms with van der Waals surface area (Å²) in [6, 6.07) is 79.3. The summed E-state index contributed by atoms with van der Waals surface area (Å²) >= 11 is 0. The highest BCUT2D eigenvalue weighted by Gasteiger charge is 2.25. The lowest BCUT2D eigenvalue weighted by atomic mass is 9.92. The molecule has 58 heavy (non-hydrogen) atoms. The summed E-state index contributed by atoms with van der Waals surface area (Å²) in [4.78, 5) is 2.46. The Morgan fingerprint density at radius 1 is 0.328 bits per heavy atom. The van der Waals surface area contributed by atoms with Gasteiger partial charge in [-0.15, -0.1) is 0 Å². The average Bonchev–Trinajstić information content (AvgIpc) is 3.62. The van der Waals surface area contributed by atoms with Crippen LogP contribution in [0.3, 0.4) is 0 Å². The van der Waals surface area contributed by atoms with Crippen molar-refractivity contribution in [3.8, 4) is 50.2 Å². The summed E-state index contributed by atoms with van der Waals surface area (Å²) in [7, 11) is 0. The fraction of sp³-hybridized carbons (Fsp3) is 0.0357. The van der Waals surface area contributed by atoms with Gasteiger partial charge in [-0.2, -0.15) is 0 Å². The molecule has 0 bridgehead atoms. The molecule has 9 aromatic carbocycles. The summed E-state index contributed by atoms with van der Waals surface area (Å²) in [5.41, 5.74) is 18.9. The first-order chi connectivity index (χ1) is 28.7. The van der Waals surface area contributed by atoms with Crippen LogP contribution in [0, 0.1) is 13.8 Å². The summed E-state index contributed by atoms with van der Waals surface area (Å²) in [5, 5.41) is 2.40. The van der Waals surface area contributed by atoms with Gasteiger partial charge in [-0.1, -0.05) is 182 Å². The van der Waals surface area contributed by atoms with Crippen LogP contribution in [0.5, 0.6) is 0 Å². The second kappa shape index (κ2) is 14.9. The highest BCUT2D eigenvalue weighted by molar-refractivity contribution is 6.17. The van der Waals surface area contributed by atoms with Gasteiger partial charge in [0.15, 0.2) is 0 Å². The number of benzene rings is 9. The zero-order chi connectivity index (χ0) is 39.0. The predicted octanol–water partition coefficient (Wildman–Crippen LogP) is 15.5. The Balaban J connectivity index is 1.30. The Morgan fingerprint density at radius 3 is 1.45 bits per heavy atom. The SMILES string of the molecule is Cc1ccccc1-c1cccc(-c2ccccc2C)c1-n1c2ccccc2c2c(N(c3ccc(-c4ccccc4)cc3)c3ccccc3-c3ccccc3)cccc21. The molecule has 0 aliphatic heterocycles. The molecule has 0 aliphatic carbocycles. The van der Waals surface area contributed by atoms with Crippen LogP contribution >= 0.6 is 0 Å². The van der Waals surface area contributed by atoms with Gasteiger partial charge in [-0.25, -0.2) is 0 Å². The van der Waals surface area contributed by atoms with Crippen LogP contribution in [0.2, 0.25) is 0 Å². The third-order valence-electron chi connectivity index (χ3n) is 11.5. The van der Waals surface area contributed by atoms with Crippen molar-refractivity contribution in [1.29, 1.82) is 0 Å². The Kier molecular flexibility index (Phi) is 9.01. The van der Waals surface area contributed by atoms with E-state index >= 15 is 0 Å². The lowest BCUT2D eigenvalue weighted by molar-refractivity contribution is 1.18. The standard InChI is InChI=1S/C56H42N2/c1-39-19-9-11-25-45(39)48-29-17-30-49(46-26-12-10-20-40(46)2)56(48)58-52-32-16-14-28-50(52)55-53(33-18-34-54(55)58)57(44-37-35-42(36-38-44)41-21-5-3-6-22-41)51-31-15-13-27-47(51)43-23-7-4-8-24-43/h3-38H,1-2H3. The van der Waals surface area contributed by atoms with Gasteiger partial charge in [0, 0.05) is 33.2 Å². The van der Waals surface area contributed by atoms with E-state index in [0.717, 1.165) is 28.1 Å². The molecule has 0 saturated carbocycles. The third-order valence-corrected chi connectivity index (χ3v) is 11.5. The Bertz CT molecular complexity index is 3000. The molecule has 0 unspecified atom stereocenters. The number of fused-ring (bicyclic) bond motifs is 3. The van der Waals surface area contributed by atoms with Crippen molar-refractivity contribution < 1.29 is 0 Å². The first-order valence-electron chi connectivity index (χ1n) is 20.0. The van der Waals surface area contributed by atoms with Crippen LogP contribution in [0.1, 0.15) is 11.1 Å². The topological polar surface area (TPSA) is 8.17 Å². The molecule has 2 nitrogen and oxygen atoms in total. The van der Waals surface area contributed by atoms with Crippen molar-refractivity contribution in [2.75, 3.05) is 4.90 Å². The Labute approximate surface area is 340 Å². The lowest BCUT2D eigenvalue weighted by Crippen LogP contribution is -2.11. The summed E-state index contributed by atoms with van der Waals surface area (Å²) < 4.78 is 2.53. The van der Waals surface area contributed by atoms with E-state index in [-0.39, 0.29) is 0 Å². The van der Waals surface area contributed by atoms with E-state index in [1.54, 1.807) is 0 Å². The van der Waals surface area contributed by atoms with E-state index in [9.17, 15) is 0 Å². The van der Waals surface area contributed by atoms with Crippen LogP contribution in [0.25, 0.3) is 72.0 Å². The van der Waals surface area contributed by atoms with Crippen LogP contribution in [-0.2, 0) is 0 Å².